The first kappa shape index (κ1) is 14.2. The first-order chi connectivity index (χ1) is 9.16. The van der Waals surface area contributed by atoms with Gasteiger partial charge in [-0.15, -0.1) is 0 Å². The highest BCUT2D eigenvalue weighted by atomic mass is 19.1. The van der Waals surface area contributed by atoms with Crippen molar-refractivity contribution in [3.8, 4) is 0 Å². The van der Waals surface area contributed by atoms with Gasteiger partial charge in [0.15, 0.2) is 5.78 Å². The van der Waals surface area contributed by atoms with E-state index >= 15 is 0 Å². The average Bonchev–Trinajstić information content (AvgIpc) is 2.43. The lowest BCUT2D eigenvalue weighted by Gasteiger charge is -2.35. The number of halogens is 1. The first-order valence-electron chi connectivity index (χ1n) is 6.66. The highest BCUT2D eigenvalue weighted by Crippen LogP contribution is 2.27. The van der Waals surface area contributed by atoms with E-state index in [0.29, 0.717) is 32.7 Å². The van der Waals surface area contributed by atoms with Crippen LogP contribution < -0.4 is 0 Å². The fraction of sp³-hybridized carbons (Fsp3) is 0.533. The lowest BCUT2D eigenvalue weighted by atomic mass is 9.86. The summed E-state index contributed by atoms with van der Waals surface area (Å²) in [6.07, 6.45) is 1.47. The minimum atomic E-state index is -0.721. The molecule has 19 heavy (non-hydrogen) atoms. The van der Waals surface area contributed by atoms with Gasteiger partial charge in [0.05, 0.1) is 0 Å². The number of Topliss-reactive ketones (excluding diaryl/α,β-unsaturated/α-hetero) is 1. The summed E-state index contributed by atoms with van der Waals surface area (Å²) >= 11 is 0. The summed E-state index contributed by atoms with van der Waals surface area (Å²) in [7, 11) is 0. The van der Waals surface area contributed by atoms with Gasteiger partial charge < -0.3 is 9.47 Å². The molecule has 0 saturated carbocycles. The van der Waals surface area contributed by atoms with Crippen molar-refractivity contribution in [2.24, 2.45) is 0 Å². The second kappa shape index (κ2) is 6.26. The minimum absolute atomic E-state index is 0.0595. The van der Waals surface area contributed by atoms with Gasteiger partial charge in [-0.2, -0.15) is 0 Å². The molecule has 0 aromatic heterocycles. The predicted octanol–water partition coefficient (Wildman–Crippen LogP) is 2.52. The smallest absolute Gasteiger partial charge is 0.169 e. The van der Waals surface area contributed by atoms with E-state index < -0.39 is 5.60 Å². The molecule has 1 saturated heterocycles. The third-order valence-electron chi connectivity index (χ3n) is 3.51. The van der Waals surface area contributed by atoms with Crippen LogP contribution in [0.3, 0.4) is 0 Å². The Morgan fingerprint density at radius 1 is 1.32 bits per heavy atom. The highest BCUT2D eigenvalue weighted by molar-refractivity contribution is 5.89. The van der Waals surface area contributed by atoms with Crippen LogP contribution >= 0.6 is 0 Å². The maximum absolute atomic E-state index is 12.8. The van der Waals surface area contributed by atoms with Crippen LogP contribution in [0.4, 0.5) is 4.39 Å². The number of carbonyl (C=O) groups excluding carboxylic acids is 1. The van der Waals surface area contributed by atoms with Gasteiger partial charge in [-0.3, -0.25) is 4.79 Å². The molecule has 104 valence electrons. The number of carbonyl (C=O) groups is 1. The molecule has 0 bridgehead atoms. The molecule has 4 heteroatoms. The van der Waals surface area contributed by atoms with Crippen molar-refractivity contribution in [3.05, 3.63) is 35.6 Å². The van der Waals surface area contributed by atoms with Gasteiger partial charge in [0.2, 0.25) is 0 Å². The SMILES string of the molecule is CCOC1(C(=O)Cc2ccc(F)cc2)CCOCC1. The van der Waals surface area contributed by atoms with E-state index in [2.05, 4.69) is 0 Å². The van der Waals surface area contributed by atoms with E-state index in [1.165, 1.54) is 12.1 Å². The van der Waals surface area contributed by atoms with Crippen LogP contribution in [0.2, 0.25) is 0 Å². The van der Waals surface area contributed by atoms with Crippen molar-refractivity contribution in [1.29, 1.82) is 0 Å². The third-order valence-corrected chi connectivity index (χ3v) is 3.51. The van der Waals surface area contributed by atoms with Gasteiger partial charge in [-0.1, -0.05) is 12.1 Å². The molecule has 1 aromatic rings. The normalized spacial score (nSPS) is 18.2. The molecule has 3 nitrogen and oxygen atoms in total. The Labute approximate surface area is 112 Å². The fourth-order valence-corrected chi connectivity index (χ4v) is 2.43. The van der Waals surface area contributed by atoms with Crippen LogP contribution in [0.1, 0.15) is 25.3 Å². The fourth-order valence-electron chi connectivity index (χ4n) is 2.43. The Balaban J connectivity index is 2.09. The van der Waals surface area contributed by atoms with Crippen LogP contribution in [-0.4, -0.2) is 31.2 Å². The number of ketones is 1. The minimum Gasteiger partial charge on any atom is -0.381 e. The first-order valence-corrected chi connectivity index (χ1v) is 6.66. The molecule has 1 aliphatic rings. The lowest BCUT2D eigenvalue weighted by Crippen LogP contribution is -2.47. The standard InChI is InChI=1S/C15H19FO3/c1-2-19-15(7-9-18-10-8-15)14(17)11-12-3-5-13(16)6-4-12/h3-6H,2,7-11H2,1H3. The molecular formula is C15H19FO3. The van der Waals surface area contributed by atoms with Crippen molar-refractivity contribution < 1.29 is 18.7 Å². The van der Waals surface area contributed by atoms with E-state index in [9.17, 15) is 9.18 Å². The zero-order chi connectivity index (χ0) is 13.7. The molecule has 2 rings (SSSR count). The monoisotopic (exact) mass is 266 g/mol. The van der Waals surface area contributed by atoms with Gasteiger partial charge in [0.1, 0.15) is 11.4 Å². The van der Waals surface area contributed by atoms with Gasteiger partial charge in [0.25, 0.3) is 0 Å². The second-order valence-electron chi connectivity index (χ2n) is 4.77. The van der Waals surface area contributed by atoms with Gasteiger partial charge in [-0.05, 0) is 24.6 Å². The predicted molar refractivity (Wildman–Crippen MR) is 69.5 cm³/mol. The van der Waals surface area contributed by atoms with Crippen molar-refractivity contribution in [1.82, 2.24) is 0 Å². The Bertz CT molecular complexity index is 416. The number of hydrogen-bond donors (Lipinski definition) is 0. The summed E-state index contributed by atoms with van der Waals surface area (Å²) in [5.74, 6) is -0.231. The highest BCUT2D eigenvalue weighted by Gasteiger charge is 2.40. The van der Waals surface area contributed by atoms with Crippen LogP contribution in [-0.2, 0) is 20.7 Å². The topological polar surface area (TPSA) is 35.5 Å². The summed E-state index contributed by atoms with van der Waals surface area (Å²) in [5.41, 5.74) is 0.0958. The summed E-state index contributed by atoms with van der Waals surface area (Å²) in [6.45, 7) is 3.50. The molecule has 1 aromatic carbocycles. The van der Waals surface area contributed by atoms with E-state index in [0.717, 1.165) is 5.56 Å². The molecule has 0 aliphatic carbocycles. The molecule has 1 heterocycles. The van der Waals surface area contributed by atoms with E-state index in [-0.39, 0.29) is 18.0 Å². The molecule has 0 N–H and O–H groups in total. The van der Waals surface area contributed by atoms with Crippen molar-refractivity contribution in [3.63, 3.8) is 0 Å². The van der Waals surface area contributed by atoms with Gasteiger partial charge in [0, 0.05) is 39.1 Å². The molecule has 0 spiro atoms. The third kappa shape index (κ3) is 3.39. The van der Waals surface area contributed by atoms with Crippen LogP contribution in [0, 0.1) is 5.82 Å². The quantitative estimate of drug-likeness (QED) is 0.821. The Kier molecular flexibility index (Phi) is 4.66. The molecule has 1 aliphatic heterocycles. The number of ether oxygens (including phenoxy) is 2. The molecule has 0 unspecified atom stereocenters. The van der Waals surface area contributed by atoms with E-state index in [1.807, 2.05) is 6.92 Å². The van der Waals surface area contributed by atoms with E-state index in [4.69, 9.17) is 9.47 Å². The molecule has 1 fully saturated rings. The zero-order valence-electron chi connectivity index (χ0n) is 11.2. The van der Waals surface area contributed by atoms with Crippen LogP contribution in [0.25, 0.3) is 0 Å². The zero-order valence-corrected chi connectivity index (χ0v) is 11.2. The maximum atomic E-state index is 12.8. The molecular weight excluding hydrogens is 247 g/mol. The Hall–Kier alpha value is -1.26. The maximum Gasteiger partial charge on any atom is 0.169 e. The van der Waals surface area contributed by atoms with Crippen LogP contribution in [0.15, 0.2) is 24.3 Å². The van der Waals surface area contributed by atoms with Crippen molar-refractivity contribution in [2.75, 3.05) is 19.8 Å². The lowest BCUT2D eigenvalue weighted by molar-refractivity contribution is -0.156. The largest absolute Gasteiger partial charge is 0.381 e. The molecule has 0 radical (unpaired) electrons. The Morgan fingerprint density at radius 3 is 2.53 bits per heavy atom. The van der Waals surface area contributed by atoms with Crippen LogP contribution in [0.5, 0.6) is 0 Å². The number of benzene rings is 1. The summed E-state index contributed by atoms with van der Waals surface area (Å²) in [6, 6.07) is 6.04. The molecule has 0 atom stereocenters. The average molecular weight is 266 g/mol. The van der Waals surface area contributed by atoms with Gasteiger partial charge >= 0.3 is 0 Å². The Morgan fingerprint density at radius 2 is 1.95 bits per heavy atom. The van der Waals surface area contributed by atoms with E-state index in [1.54, 1.807) is 12.1 Å². The number of hydrogen-bond acceptors (Lipinski definition) is 3. The second-order valence-corrected chi connectivity index (χ2v) is 4.77. The van der Waals surface area contributed by atoms with Gasteiger partial charge in [-0.25, -0.2) is 4.39 Å². The molecule has 0 amide bonds. The number of rotatable bonds is 5. The summed E-state index contributed by atoms with van der Waals surface area (Å²) in [5, 5.41) is 0. The summed E-state index contributed by atoms with van der Waals surface area (Å²) < 4.78 is 23.9. The summed E-state index contributed by atoms with van der Waals surface area (Å²) in [4.78, 5) is 12.5. The van der Waals surface area contributed by atoms with Crippen molar-refractivity contribution in [2.45, 2.75) is 31.8 Å². The van der Waals surface area contributed by atoms with Crippen molar-refractivity contribution >= 4 is 5.78 Å².